The van der Waals surface area contributed by atoms with Gasteiger partial charge in [-0.05, 0) is 57.1 Å². The van der Waals surface area contributed by atoms with E-state index in [0.29, 0.717) is 6.04 Å². The summed E-state index contributed by atoms with van der Waals surface area (Å²) in [5.41, 5.74) is 2.80. The van der Waals surface area contributed by atoms with Crippen LogP contribution in [0.5, 0.6) is 0 Å². The van der Waals surface area contributed by atoms with Gasteiger partial charge in [0.25, 0.3) is 0 Å². The molecule has 0 atom stereocenters. The number of amides is 2. The number of piperidine rings is 1. The van der Waals surface area contributed by atoms with E-state index in [1.807, 2.05) is 32.0 Å². The molecule has 1 aromatic carbocycles. The van der Waals surface area contributed by atoms with Gasteiger partial charge in [0.2, 0.25) is 17.8 Å². The molecule has 1 aliphatic carbocycles. The van der Waals surface area contributed by atoms with E-state index >= 15 is 0 Å². The van der Waals surface area contributed by atoms with Crippen molar-refractivity contribution < 1.29 is 9.59 Å². The number of benzene rings is 1. The predicted molar refractivity (Wildman–Crippen MR) is 123 cm³/mol. The summed E-state index contributed by atoms with van der Waals surface area (Å²) in [6.45, 7) is 5.89. The molecule has 31 heavy (non-hydrogen) atoms. The topological polar surface area (TPSA) is 92.2 Å². The molecule has 1 aliphatic heterocycles. The van der Waals surface area contributed by atoms with Crippen LogP contribution >= 0.6 is 11.8 Å². The van der Waals surface area contributed by atoms with E-state index in [4.69, 9.17) is 0 Å². The fraction of sp³-hybridized carbons (Fsp3) is 0.545. The number of nitrogens with zero attached hydrogens (tertiary/aromatic N) is 4. The van der Waals surface area contributed by atoms with Crippen LogP contribution in [0, 0.1) is 13.8 Å². The van der Waals surface area contributed by atoms with E-state index in [1.165, 1.54) is 31.0 Å². The summed E-state index contributed by atoms with van der Waals surface area (Å²) in [7, 11) is 0. The minimum Gasteiger partial charge on any atom is -0.346 e. The number of rotatable bonds is 8. The fourth-order valence-electron chi connectivity index (χ4n) is 3.88. The largest absolute Gasteiger partial charge is 0.346 e. The third-order valence-electron chi connectivity index (χ3n) is 5.72. The van der Waals surface area contributed by atoms with Gasteiger partial charge < -0.3 is 15.5 Å². The summed E-state index contributed by atoms with van der Waals surface area (Å²) >= 11 is 1.39. The highest BCUT2D eigenvalue weighted by Crippen LogP contribution is 2.41. The maximum atomic E-state index is 12.3. The molecule has 2 aromatic rings. The van der Waals surface area contributed by atoms with Crippen molar-refractivity contribution in [2.75, 3.05) is 35.6 Å². The van der Waals surface area contributed by atoms with Crippen LogP contribution in [0.4, 0.5) is 11.6 Å². The second-order valence-electron chi connectivity index (χ2n) is 8.31. The second-order valence-corrected chi connectivity index (χ2v) is 9.25. The van der Waals surface area contributed by atoms with Gasteiger partial charge >= 0.3 is 0 Å². The highest BCUT2D eigenvalue weighted by molar-refractivity contribution is 7.99. The lowest BCUT2D eigenvalue weighted by Gasteiger charge is -2.27. The zero-order valence-electron chi connectivity index (χ0n) is 18.2. The number of aromatic nitrogens is 3. The monoisotopic (exact) mass is 442 g/mol. The molecule has 0 radical (unpaired) electrons. The van der Waals surface area contributed by atoms with Crippen molar-refractivity contribution in [1.82, 2.24) is 20.1 Å². The summed E-state index contributed by atoms with van der Waals surface area (Å²) in [6.07, 6.45) is 5.92. The van der Waals surface area contributed by atoms with Crippen LogP contribution in [0.2, 0.25) is 0 Å². The molecule has 2 fully saturated rings. The molecule has 2 N–H and O–H groups in total. The Labute approximate surface area is 187 Å². The maximum Gasteiger partial charge on any atom is 0.243 e. The Morgan fingerprint density at radius 1 is 1.06 bits per heavy atom. The number of thioether (sulfide) groups is 1. The molecular weight excluding hydrogens is 412 g/mol. The first-order valence-electron chi connectivity index (χ1n) is 11.0. The standard InChI is InChI=1S/C22H30N6O2S/c1-15-7-6-8-16(2)20(15)24-18(29)13-23-19(30)14-31-22-26-25-21(28(22)17-9-10-17)27-11-4-3-5-12-27/h6-8,17H,3-5,9-14H2,1-2H3,(H,23,30)(H,24,29). The summed E-state index contributed by atoms with van der Waals surface area (Å²) < 4.78 is 2.21. The van der Waals surface area contributed by atoms with Gasteiger partial charge in [0, 0.05) is 24.8 Å². The van der Waals surface area contributed by atoms with Crippen molar-refractivity contribution in [2.24, 2.45) is 0 Å². The lowest BCUT2D eigenvalue weighted by atomic mass is 10.1. The Morgan fingerprint density at radius 2 is 1.77 bits per heavy atom. The Hall–Kier alpha value is -2.55. The number of aryl methyl sites for hydroxylation is 2. The van der Waals surface area contributed by atoms with Gasteiger partial charge in [0.1, 0.15) is 0 Å². The smallest absolute Gasteiger partial charge is 0.243 e. The number of carbonyl (C=O) groups is 2. The number of carbonyl (C=O) groups excluding carboxylic acids is 2. The summed E-state index contributed by atoms with van der Waals surface area (Å²) in [4.78, 5) is 26.9. The third-order valence-corrected chi connectivity index (χ3v) is 6.66. The minimum atomic E-state index is -0.232. The average Bonchev–Trinajstić information content (AvgIpc) is 3.52. The van der Waals surface area contributed by atoms with Gasteiger partial charge in [-0.15, -0.1) is 10.2 Å². The lowest BCUT2D eigenvalue weighted by molar-refractivity contribution is -0.122. The molecule has 8 nitrogen and oxygen atoms in total. The molecule has 9 heteroatoms. The minimum absolute atomic E-state index is 0.0541. The first-order chi connectivity index (χ1) is 15.0. The normalized spacial score (nSPS) is 16.3. The maximum absolute atomic E-state index is 12.3. The Bertz CT molecular complexity index is 929. The van der Waals surface area contributed by atoms with Crippen LogP contribution in [0.1, 0.15) is 49.3 Å². The molecule has 4 rings (SSSR count). The van der Waals surface area contributed by atoms with Crippen LogP contribution in [0.3, 0.4) is 0 Å². The van der Waals surface area contributed by atoms with Crippen molar-refractivity contribution in [2.45, 2.75) is 57.1 Å². The predicted octanol–water partition coefficient (Wildman–Crippen LogP) is 3.07. The Kier molecular flexibility index (Phi) is 6.80. The highest BCUT2D eigenvalue weighted by Gasteiger charge is 2.32. The molecule has 0 spiro atoms. The molecule has 2 amide bonds. The van der Waals surface area contributed by atoms with E-state index in [-0.39, 0.29) is 24.1 Å². The van der Waals surface area contributed by atoms with E-state index in [9.17, 15) is 9.59 Å². The van der Waals surface area contributed by atoms with Crippen LogP contribution in [-0.4, -0.2) is 52.0 Å². The van der Waals surface area contributed by atoms with Gasteiger partial charge in [-0.2, -0.15) is 0 Å². The van der Waals surface area contributed by atoms with Crippen molar-refractivity contribution in [3.05, 3.63) is 29.3 Å². The quantitative estimate of drug-likeness (QED) is 0.611. The average molecular weight is 443 g/mol. The summed E-state index contributed by atoms with van der Waals surface area (Å²) in [5.74, 6) is 0.732. The van der Waals surface area contributed by atoms with Crippen molar-refractivity contribution in [3.8, 4) is 0 Å². The molecule has 0 unspecified atom stereocenters. The summed E-state index contributed by atoms with van der Waals surface area (Å²) in [6, 6.07) is 6.30. The van der Waals surface area contributed by atoms with E-state index in [1.54, 1.807) is 0 Å². The van der Waals surface area contributed by atoms with Gasteiger partial charge in [0.05, 0.1) is 12.3 Å². The van der Waals surface area contributed by atoms with Crippen molar-refractivity contribution >= 4 is 35.2 Å². The van der Waals surface area contributed by atoms with Gasteiger partial charge in [-0.3, -0.25) is 14.2 Å². The Morgan fingerprint density at radius 3 is 2.45 bits per heavy atom. The molecule has 1 saturated carbocycles. The van der Waals surface area contributed by atoms with Crippen LogP contribution in [-0.2, 0) is 9.59 Å². The SMILES string of the molecule is Cc1cccc(C)c1NC(=O)CNC(=O)CSc1nnc(N2CCCCC2)n1C1CC1. The highest BCUT2D eigenvalue weighted by atomic mass is 32.2. The van der Waals surface area contributed by atoms with Gasteiger partial charge in [-0.1, -0.05) is 30.0 Å². The molecule has 0 bridgehead atoms. The van der Waals surface area contributed by atoms with E-state index in [0.717, 1.165) is 53.9 Å². The van der Waals surface area contributed by atoms with Crippen LogP contribution < -0.4 is 15.5 Å². The first kappa shape index (κ1) is 21.7. The van der Waals surface area contributed by atoms with Crippen molar-refractivity contribution in [1.29, 1.82) is 0 Å². The zero-order valence-corrected chi connectivity index (χ0v) is 19.0. The molecule has 166 valence electrons. The third kappa shape index (κ3) is 5.39. The van der Waals surface area contributed by atoms with Gasteiger partial charge in [-0.25, -0.2) is 0 Å². The molecule has 2 heterocycles. The van der Waals surface area contributed by atoms with E-state index < -0.39 is 0 Å². The number of nitrogens with one attached hydrogen (secondary N) is 2. The number of anilines is 2. The fourth-order valence-corrected chi connectivity index (χ4v) is 4.72. The molecule has 1 saturated heterocycles. The lowest BCUT2D eigenvalue weighted by Crippen LogP contribution is -2.34. The molecule has 1 aromatic heterocycles. The van der Waals surface area contributed by atoms with Crippen LogP contribution in [0.25, 0.3) is 0 Å². The first-order valence-corrected chi connectivity index (χ1v) is 12.0. The zero-order chi connectivity index (χ0) is 21.8. The summed E-state index contributed by atoms with van der Waals surface area (Å²) in [5, 5.41) is 15.2. The van der Waals surface area contributed by atoms with Crippen LogP contribution in [0.15, 0.2) is 23.4 Å². The van der Waals surface area contributed by atoms with E-state index in [2.05, 4.69) is 30.3 Å². The van der Waals surface area contributed by atoms with Gasteiger partial charge in [0.15, 0.2) is 5.16 Å². The Balaban J connectivity index is 1.29. The second kappa shape index (κ2) is 9.72. The number of hydrogen-bond acceptors (Lipinski definition) is 6. The number of hydrogen-bond donors (Lipinski definition) is 2. The molecular formula is C22H30N6O2S. The van der Waals surface area contributed by atoms with Crippen molar-refractivity contribution in [3.63, 3.8) is 0 Å². The number of para-hydroxylation sites is 1. The molecule has 2 aliphatic rings.